The van der Waals surface area contributed by atoms with Crippen molar-refractivity contribution in [2.45, 2.75) is 44.8 Å². The average molecular weight is 495 g/mol. The smallest absolute Gasteiger partial charge is 0.422 e. The Morgan fingerprint density at radius 1 is 1.20 bits per heavy atom. The summed E-state index contributed by atoms with van der Waals surface area (Å²) in [4.78, 5) is 22.3. The van der Waals surface area contributed by atoms with Crippen molar-refractivity contribution in [1.82, 2.24) is 19.3 Å². The van der Waals surface area contributed by atoms with E-state index >= 15 is 0 Å². The van der Waals surface area contributed by atoms with Crippen molar-refractivity contribution in [2.75, 3.05) is 25.0 Å². The molecule has 1 N–H and O–H groups in total. The number of aromatic nitrogens is 3. The molecular formula is C23H25F4N5O3. The predicted octanol–water partition coefficient (Wildman–Crippen LogP) is 4.71. The Morgan fingerprint density at radius 3 is 2.69 bits per heavy atom. The van der Waals surface area contributed by atoms with Crippen molar-refractivity contribution in [3.05, 3.63) is 42.7 Å². The highest BCUT2D eigenvalue weighted by Gasteiger charge is 2.37. The highest BCUT2D eigenvalue weighted by molar-refractivity contribution is 5.69. The summed E-state index contributed by atoms with van der Waals surface area (Å²) in [5.41, 5.74) is 0.810. The van der Waals surface area contributed by atoms with Crippen LogP contribution in [0, 0.1) is 0 Å². The van der Waals surface area contributed by atoms with Gasteiger partial charge in [0.1, 0.15) is 29.0 Å². The van der Waals surface area contributed by atoms with Crippen molar-refractivity contribution in [3.8, 4) is 17.1 Å². The molecule has 12 heteroatoms. The first-order valence-corrected chi connectivity index (χ1v) is 10.9. The van der Waals surface area contributed by atoms with E-state index in [9.17, 15) is 22.4 Å². The van der Waals surface area contributed by atoms with Crippen LogP contribution in [0.25, 0.3) is 17.0 Å². The number of carbonyl (C=O) groups is 1. The molecule has 0 aromatic carbocycles. The van der Waals surface area contributed by atoms with Crippen LogP contribution in [-0.4, -0.2) is 69.0 Å². The number of pyridine rings is 2. The Morgan fingerprint density at radius 2 is 1.97 bits per heavy atom. The van der Waals surface area contributed by atoms with Gasteiger partial charge in [0.25, 0.3) is 0 Å². The lowest BCUT2D eigenvalue weighted by Crippen LogP contribution is -2.36. The Bertz CT molecular complexity index is 1210. The zero-order valence-electron chi connectivity index (χ0n) is 19.3. The topological polar surface area (TPSA) is 81.0 Å². The minimum absolute atomic E-state index is 0.0418. The lowest BCUT2D eigenvalue weighted by atomic mass is 10.2. The normalized spacial score (nSPS) is 18.7. The van der Waals surface area contributed by atoms with Crippen molar-refractivity contribution in [1.29, 1.82) is 0 Å². The van der Waals surface area contributed by atoms with Gasteiger partial charge in [0, 0.05) is 18.8 Å². The summed E-state index contributed by atoms with van der Waals surface area (Å²) in [5.74, 6) is 0.446. The number of halogens is 4. The molecular weight excluding hydrogens is 470 g/mol. The standard InChI is InChI=1S/C23H25F4N5O3/c1-22(2,3)35-21(33)31-11-15(24)17(12-31)30-19-6-4-5-16(29-19)18-10-28-20-9-14(7-8-32(18)20)34-13-23(25,26)27/h4-10,15,17H,11-13H2,1-3H3,(H,29,30)/t15-,17-/m0/s1. The number of likely N-dealkylation sites (tertiary alicyclic amines) is 1. The van der Waals surface area contributed by atoms with Crippen LogP contribution in [-0.2, 0) is 4.74 Å². The minimum atomic E-state index is -4.44. The second-order valence-corrected chi connectivity index (χ2v) is 9.20. The van der Waals surface area contributed by atoms with Gasteiger partial charge in [0.05, 0.1) is 30.2 Å². The van der Waals surface area contributed by atoms with Crippen molar-refractivity contribution in [3.63, 3.8) is 0 Å². The third-order valence-corrected chi connectivity index (χ3v) is 5.13. The molecule has 2 atom stereocenters. The van der Waals surface area contributed by atoms with E-state index < -0.39 is 36.7 Å². The SMILES string of the molecule is CC(C)(C)OC(=O)N1C[C@H](Nc2cccc(-c3cnc4cc(OCC(F)(F)F)ccn34)n2)[C@@H](F)C1. The number of imidazole rings is 1. The van der Waals surface area contributed by atoms with E-state index in [2.05, 4.69) is 15.3 Å². The van der Waals surface area contributed by atoms with E-state index in [-0.39, 0.29) is 18.8 Å². The van der Waals surface area contributed by atoms with Gasteiger partial charge in [-0.15, -0.1) is 0 Å². The van der Waals surface area contributed by atoms with Gasteiger partial charge in [0.2, 0.25) is 0 Å². The number of fused-ring (bicyclic) bond motifs is 1. The van der Waals surface area contributed by atoms with Gasteiger partial charge in [-0.2, -0.15) is 13.2 Å². The third-order valence-electron chi connectivity index (χ3n) is 5.13. The maximum Gasteiger partial charge on any atom is 0.422 e. The number of carbonyl (C=O) groups excluding carboxylic acids is 1. The molecule has 1 fully saturated rings. The molecule has 0 radical (unpaired) electrons. The van der Waals surface area contributed by atoms with Crippen LogP contribution in [0.2, 0.25) is 0 Å². The number of hydrogen-bond donors (Lipinski definition) is 1. The fraction of sp³-hybridized carbons (Fsp3) is 0.435. The van der Waals surface area contributed by atoms with E-state index in [1.807, 2.05) is 0 Å². The quantitative estimate of drug-likeness (QED) is 0.517. The van der Waals surface area contributed by atoms with Gasteiger partial charge in [0.15, 0.2) is 6.61 Å². The summed E-state index contributed by atoms with van der Waals surface area (Å²) in [6.45, 7) is 3.88. The van der Waals surface area contributed by atoms with E-state index in [0.717, 1.165) is 0 Å². The van der Waals surface area contributed by atoms with Gasteiger partial charge in [-0.05, 0) is 39.0 Å². The zero-order valence-corrected chi connectivity index (χ0v) is 19.3. The number of ether oxygens (including phenoxy) is 2. The highest BCUT2D eigenvalue weighted by Crippen LogP contribution is 2.26. The second kappa shape index (κ2) is 9.23. The molecule has 0 unspecified atom stereocenters. The van der Waals surface area contributed by atoms with Crippen LogP contribution in [0.4, 0.5) is 28.2 Å². The maximum atomic E-state index is 14.6. The van der Waals surface area contributed by atoms with Gasteiger partial charge in [-0.1, -0.05) is 6.07 Å². The van der Waals surface area contributed by atoms with Crippen LogP contribution in [0.3, 0.4) is 0 Å². The molecule has 188 valence electrons. The first-order chi connectivity index (χ1) is 16.4. The summed E-state index contributed by atoms with van der Waals surface area (Å²) in [6, 6.07) is 7.29. The molecule has 0 saturated carbocycles. The van der Waals surface area contributed by atoms with Crippen molar-refractivity contribution < 1.29 is 31.8 Å². The summed E-state index contributed by atoms with van der Waals surface area (Å²) < 4.78 is 63.6. The number of alkyl halides is 4. The lowest BCUT2D eigenvalue weighted by molar-refractivity contribution is -0.153. The fourth-order valence-corrected chi connectivity index (χ4v) is 3.63. The average Bonchev–Trinajstić information content (AvgIpc) is 3.34. The molecule has 1 aliphatic heterocycles. The van der Waals surface area contributed by atoms with E-state index in [1.165, 1.54) is 23.2 Å². The first-order valence-electron chi connectivity index (χ1n) is 10.9. The predicted molar refractivity (Wildman–Crippen MR) is 120 cm³/mol. The van der Waals surface area contributed by atoms with Crippen LogP contribution in [0.15, 0.2) is 42.7 Å². The Balaban J connectivity index is 1.47. The summed E-state index contributed by atoms with van der Waals surface area (Å²) in [7, 11) is 0. The van der Waals surface area contributed by atoms with E-state index in [0.29, 0.717) is 22.9 Å². The van der Waals surface area contributed by atoms with E-state index in [1.54, 1.807) is 49.6 Å². The molecule has 4 heterocycles. The Hall–Kier alpha value is -3.57. The number of amides is 1. The van der Waals surface area contributed by atoms with Crippen molar-refractivity contribution >= 4 is 17.6 Å². The molecule has 0 spiro atoms. The second-order valence-electron chi connectivity index (χ2n) is 9.20. The monoisotopic (exact) mass is 495 g/mol. The number of nitrogens with zero attached hydrogens (tertiary/aromatic N) is 4. The first kappa shape index (κ1) is 24.6. The Kier molecular flexibility index (Phi) is 6.48. The number of nitrogens with one attached hydrogen (secondary N) is 1. The summed E-state index contributed by atoms with van der Waals surface area (Å²) in [5, 5.41) is 3.04. The molecule has 0 aliphatic carbocycles. The Labute approximate surface area is 198 Å². The van der Waals surface area contributed by atoms with E-state index in [4.69, 9.17) is 9.47 Å². The molecule has 1 aliphatic rings. The van der Waals surface area contributed by atoms with Crippen molar-refractivity contribution in [2.24, 2.45) is 0 Å². The molecule has 3 aromatic heterocycles. The molecule has 8 nitrogen and oxygen atoms in total. The number of rotatable bonds is 5. The molecule has 4 rings (SSSR count). The zero-order chi connectivity index (χ0) is 25.4. The molecule has 3 aromatic rings. The van der Waals surface area contributed by atoms with Gasteiger partial charge in [-0.25, -0.2) is 19.2 Å². The molecule has 0 bridgehead atoms. The largest absolute Gasteiger partial charge is 0.484 e. The maximum absolute atomic E-state index is 14.6. The van der Waals surface area contributed by atoms with Crippen LogP contribution >= 0.6 is 0 Å². The number of hydrogen-bond acceptors (Lipinski definition) is 6. The van der Waals surface area contributed by atoms with Gasteiger partial charge >= 0.3 is 12.3 Å². The van der Waals surface area contributed by atoms with Crippen LogP contribution in [0.1, 0.15) is 20.8 Å². The number of anilines is 1. The third kappa shape index (κ3) is 6.11. The highest BCUT2D eigenvalue weighted by atomic mass is 19.4. The summed E-state index contributed by atoms with van der Waals surface area (Å²) in [6.07, 6.45) is -3.24. The lowest BCUT2D eigenvalue weighted by Gasteiger charge is -2.24. The van der Waals surface area contributed by atoms with Crippen LogP contribution in [0.5, 0.6) is 5.75 Å². The molecule has 1 saturated heterocycles. The molecule has 1 amide bonds. The summed E-state index contributed by atoms with van der Waals surface area (Å²) >= 11 is 0. The minimum Gasteiger partial charge on any atom is -0.484 e. The fourth-order valence-electron chi connectivity index (χ4n) is 3.63. The van der Waals surface area contributed by atoms with Gasteiger partial charge in [-0.3, -0.25) is 4.40 Å². The van der Waals surface area contributed by atoms with Gasteiger partial charge < -0.3 is 19.7 Å². The van der Waals surface area contributed by atoms with Crippen LogP contribution < -0.4 is 10.1 Å². The molecule has 35 heavy (non-hydrogen) atoms.